The lowest BCUT2D eigenvalue weighted by atomic mass is 10.2. The third-order valence-corrected chi connectivity index (χ3v) is 4.71. The quantitative estimate of drug-likeness (QED) is 0.400. The third kappa shape index (κ3) is 3.72. The number of para-hydroxylation sites is 1. The van der Waals surface area contributed by atoms with E-state index in [1.807, 2.05) is 47.0 Å². The molecule has 32 heavy (non-hydrogen) atoms. The Morgan fingerprint density at radius 1 is 1.00 bits per heavy atom. The average Bonchev–Trinajstić information content (AvgIpc) is 3.38. The number of rotatable bonds is 4. The summed E-state index contributed by atoms with van der Waals surface area (Å²) in [5.74, 6) is 1.48. The van der Waals surface area contributed by atoms with E-state index in [9.17, 15) is 4.79 Å². The van der Waals surface area contributed by atoms with Crippen LogP contribution in [0.15, 0.2) is 73.2 Å². The molecule has 10 nitrogen and oxygen atoms in total. The molecular formula is C22H19N9O. The first-order valence-electron chi connectivity index (χ1n) is 9.83. The van der Waals surface area contributed by atoms with Gasteiger partial charge < -0.3 is 16.4 Å². The van der Waals surface area contributed by atoms with Crippen molar-refractivity contribution in [1.82, 2.24) is 29.1 Å². The van der Waals surface area contributed by atoms with Gasteiger partial charge in [0.05, 0.1) is 23.8 Å². The van der Waals surface area contributed by atoms with Crippen molar-refractivity contribution in [3.8, 4) is 11.4 Å². The molecule has 1 amide bonds. The van der Waals surface area contributed by atoms with Gasteiger partial charge in [0.2, 0.25) is 0 Å². The lowest BCUT2D eigenvalue weighted by Gasteiger charge is -2.07. The number of pyridine rings is 1. The number of amides is 1. The number of aryl methyl sites for hydroxylation is 1. The topological polar surface area (TPSA) is 128 Å². The van der Waals surface area contributed by atoms with Gasteiger partial charge in [-0.1, -0.05) is 24.3 Å². The van der Waals surface area contributed by atoms with Gasteiger partial charge in [-0.2, -0.15) is 9.78 Å². The molecule has 5 rings (SSSR count). The lowest BCUT2D eigenvalue weighted by Crippen LogP contribution is -2.19. The molecule has 10 heteroatoms. The van der Waals surface area contributed by atoms with Crippen LogP contribution in [0, 0.1) is 6.92 Å². The summed E-state index contributed by atoms with van der Waals surface area (Å²) >= 11 is 0. The summed E-state index contributed by atoms with van der Waals surface area (Å²) in [5.41, 5.74) is 9.31. The number of anilines is 4. The van der Waals surface area contributed by atoms with E-state index in [-0.39, 0.29) is 6.03 Å². The maximum atomic E-state index is 12.5. The molecule has 0 spiro atoms. The summed E-state index contributed by atoms with van der Waals surface area (Å²) in [6.45, 7) is 1.78. The van der Waals surface area contributed by atoms with Gasteiger partial charge in [-0.25, -0.2) is 19.7 Å². The van der Waals surface area contributed by atoms with E-state index in [2.05, 4.69) is 30.7 Å². The van der Waals surface area contributed by atoms with Crippen molar-refractivity contribution < 1.29 is 4.79 Å². The summed E-state index contributed by atoms with van der Waals surface area (Å²) in [4.78, 5) is 25.9. The molecule has 4 heterocycles. The zero-order valence-electron chi connectivity index (χ0n) is 17.1. The number of carbonyl (C=O) groups excluding carboxylic acids is 1. The van der Waals surface area contributed by atoms with Gasteiger partial charge in [0.1, 0.15) is 23.0 Å². The van der Waals surface area contributed by atoms with Crippen molar-refractivity contribution in [2.24, 2.45) is 0 Å². The minimum Gasteiger partial charge on any atom is -0.384 e. The number of aromatic nitrogens is 6. The van der Waals surface area contributed by atoms with Crippen LogP contribution in [0.2, 0.25) is 0 Å². The number of nitrogens with zero attached hydrogens (tertiary/aromatic N) is 6. The number of benzene rings is 1. The van der Waals surface area contributed by atoms with Crippen LogP contribution in [-0.2, 0) is 0 Å². The minimum atomic E-state index is -0.376. The van der Waals surface area contributed by atoms with E-state index in [1.54, 1.807) is 37.5 Å². The van der Waals surface area contributed by atoms with Gasteiger partial charge in [0.25, 0.3) is 0 Å². The Bertz CT molecular complexity index is 1400. The van der Waals surface area contributed by atoms with Crippen molar-refractivity contribution in [3.05, 3.63) is 79.0 Å². The number of hydrogen-bond acceptors (Lipinski definition) is 7. The molecule has 0 atom stereocenters. The summed E-state index contributed by atoms with van der Waals surface area (Å²) in [5, 5.41) is 10.2. The fraction of sp³-hybridized carbons (Fsp3) is 0.0455. The van der Waals surface area contributed by atoms with Crippen LogP contribution in [0.5, 0.6) is 0 Å². The molecule has 0 fully saturated rings. The first-order valence-corrected chi connectivity index (χ1v) is 9.83. The molecule has 0 bridgehead atoms. The highest BCUT2D eigenvalue weighted by molar-refractivity contribution is 5.91. The number of nitrogens with one attached hydrogen (secondary N) is 2. The maximum Gasteiger partial charge on any atom is 0.346 e. The van der Waals surface area contributed by atoms with E-state index < -0.39 is 0 Å². The summed E-state index contributed by atoms with van der Waals surface area (Å²) < 4.78 is 3.13. The SMILES string of the molecule is Cc1nc(N)cc(-c2c(Nc3cnn(C(=O)Nc4ccccc4)c3)nc3ccccn23)n1. The average molecular weight is 425 g/mol. The standard InChI is InChI=1S/C22H19N9O/c1-14-25-17(11-18(23)26-14)20-21(29-19-9-5-6-10-30(19)20)27-16-12-24-31(13-16)22(32)28-15-7-3-2-4-8-15/h2-13,27H,1H3,(H,28,32)(H2,23,25,26). The molecule has 0 aliphatic heterocycles. The second-order valence-corrected chi connectivity index (χ2v) is 7.06. The lowest BCUT2D eigenvalue weighted by molar-refractivity contribution is 0.251. The first kappa shape index (κ1) is 19.2. The molecule has 158 valence electrons. The van der Waals surface area contributed by atoms with Gasteiger partial charge in [-0.15, -0.1) is 0 Å². The largest absolute Gasteiger partial charge is 0.384 e. The van der Waals surface area contributed by atoms with Gasteiger partial charge in [0, 0.05) is 18.0 Å². The Morgan fingerprint density at radius 2 is 1.81 bits per heavy atom. The molecule has 4 aromatic heterocycles. The monoisotopic (exact) mass is 425 g/mol. The van der Waals surface area contributed by atoms with E-state index in [0.29, 0.717) is 34.5 Å². The highest BCUT2D eigenvalue weighted by Gasteiger charge is 2.18. The first-order chi connectivity index (χ1) is 15.6. The van der Waals surface area contributed by atoms with Crippen LogP contribution >= 0.6 is 0 Å². The fourth-order valence-electron chi connectivity index (χ4n) is 3.38. The molecule has 5 aromatic rings. The van der Waals surface area contributed by atoms with E-state index in [4.69, 9.17) is 5.73 Å². The second-order valence-electron chi connectivity index (χ2n) is 7.06. The van der Waals surface area contributed by atoms with Crippen LogP contribution in [0.1, 0.15) is 5.82 Å². The van der Waals surface area contributed by atoms with E-state index in [1.165, 1.54) is 4.68 Å². The fourth-order valence-corrected chi connectivity index (χ4v) is 3.38. The predicted octanol–water partition coefficient (Wildman–Crippen LogP) is 3.70. The predicted molar refractivity (Wildman–Crippen MR) is 122 cm³/mol. The number of imidazole rings is 1. The molecule has 0 saturated heterocycles. The van der Waals surface area contributed by atoms with Crippen LogP contribution in [-0.4, -0.2) is 35.2 Å². The van der Waals surface area contributed by atoms with Crippen molar-refractivity contribution in [2.45, 2.75) is 6.92 Å². The van der Waals surface area contributed by atoms with Crippen LogP contribution < -0.4 is 16.4 Å². The zero-order chi connectivity index (χ0) is 22.1. The molecule has 0 unspecified atom stereocenters. The van der Waals surface area contributed by atoms with E-state index in [0.717, 1.165) is 11.3 Å². The molecule has 0 aliphatic rings. The highest BCUT2D eigenvalue weighted by Crippen LogP contribution is 2.30. The Kier molecular flexibility index (Phi) is 4.71. The molecular weight excluding hydrogens is 406 g/mol. The second kappa shape index (κ2) is 7.84. The maximum absolute atomic E-state index is 12.5. The van der Waals surface area contributed by atoms with Crippen LogP contribution in [0.4, 0.5) is 27.8 Å². The molecule has 1 aromatic carbocycles. The smallest absolute Gasteiger partial charge is 0.346 e. The summed E-state index contributed by atoms with van der Waals surface area (Å²) in [6.07, 6.45) is 5.04. The zero-order valence-corrected chi connectivity index (χ0v) is 17.1. The summed E-state index contributed by atoms with van der Waals surface area (Å²) in [6, 6.07) is 16.2. The van der Waals surface area contributed by atoms with Crippen molar-refractivity contribution in [1.29, 1.82) is 0 Å². The van der Waals surface area contributed by atoms with Crippen molar-refractivity contribution in [3.63, 3.8) is 0 Å². The van der Waals surface area contributed by atoms with Crippen LogP contribution in [0.3, 0.4) is 0 Å². The van der Waals surface area contributed by atoms with Crippen molar-refractivity contribution in [2.75, 3.05) is 16.4 Å². The Hall–Kier alpha value is -4.73. The molecule has 0 radical (unpaired) electrons. The molecule has 4 N–H and O–H groups in total. The third-order valence-electron chi connectivity index (χ3n) is 4.71. The van der Waals surface area contributed by atoms with Gasteiger partial charge in [0.15, 0.2) is 5.82 Å². The van der Waals surface area contributed by atoms with E-state index >= 15 is 0 Å². The van der Waals surface area contributed by atoms with Gasteiger partial charge >= 0.3 is 6.03 Å². The minimum absolute atomic E-state index is 0.370. The normalized spacial score (nSPS) is 10.9. The van der Waals surface area contributed by atoms with Gasteiger partial charge in [-0.3, -0.25) is 4.40 Å². The Morgan fingerprint density at radius 3 is 2.62 bits per heavy atom. The Balaban J connectivity index is 1.48. The molecule has 0 saturated carbocycles. The number of hydrogen-bond donors (Lipinski definition) is 3. The van der Waals surface area contributed by atoms with Crippen molar-refractivity contribution >= 4 is 34.7 Å². The highest BCUT2D eigenvalue weighted by atomic mass is 16.2. The number of nitrogens with two attached hydrogens (primary N) is 1. The number of carbonyl (C=O) groups is 1. The Labute approximate surface area is 182 Å². The van der Waals surface area contributed by atoms with Crippen LogP contribution in [0.25, 0.3) is 17.0 Å². The summed E-state index contributed by atoms with van der Waals surface area (Å²) in [7, 11) is 0. The van der Waals surface area contributed by atoms with Gasteiger partial charge in [-0.05, 0) is 31.2 Å². The number of fused-ring (bicyclic) bond motifs is 1. The number of nitrogen functional groups attached to an aromatic ring is 1. The molecule has 0 aliphatic carbocycles.